The molecule has 0 aliphatic carbocycles. The van der Waals surface area contributed by atoms with Crippen molar-refractivity contribution in [2.45, 2.75) is 72.4 Å². The molecule has 0 spiro atoms. The molecule has 0 bridgehead atoms. The average Bonchev–Trinajstić information content (AvgIpc) is 2.51. The van der Waals surface area contributed by atoms with Gasteiger partial charge >= 0.3 is 30.0 Å². The third-order valence-electron chi connectivity index (χ3n) is 4.10. The summed E-state index contributed by atoms with van der Waals surface area (Å²) in [5.74, 6) is -13.8. The first-order valence-electron chi connectivity index (χ1n) is 7.92. The number of carbonyl (C=O) groups is 2. The molecular weight excluding hydrogens is 389 g/mol. The van der Waals surface area contributed by atoms with E-state index in [1.165, 1.54) is 20.8 Å². The van der Waals surface area contributed by atoms with Gasteiger partial charge in [-0.15, -0.1) is 0 Å². The van der Waals surface area contributed by atoms with E-state index < -0.39 is 47.4 Å². The predicted octanol–water partition coefficient (Wildman–Crippen LogP) is 5.31. The Morgan fingerprint density at radius 1 is 0.815 bits per heavy atom. The molecule has 1 N–H and O–H groups in total. The third kappa shape index (κ3) is 7.53. The molecule has 162 valence electrons. The maximum absolute atomic E-state index is 12.8. The van der Waals surface area contributed by atoms with Crippen molar-refractivity contribution in [3.8, 4) is 0 Å². The standard InChI is InChI=1S/C10H13F7O2.C6H12O2/c1-4-7(2,3)6(18)19-5-8(11,12)9(13,14)10(15,16)17;1-4-6(2,3)5(7)8/h4-5H2,1-3H3;4H2,1-3H3,(H,7,8). The van der Waals surface area contributed by atoms with Crippen molar-refractivity contribution in [3.63, 3.8) is 0 Å². The van der Waals surface area contributed by atoms with Gasteiger partial charge in [0.25, 0.3) is 0 Å². The summed E-state index contributed by atoms with van der Waals surface area (Å²) in [5.41, 5.74) is -1.79. The first-order chi connectivity index (χ1) is 11.7. The van der Waals surface area contributed by atoms with Gasteiger partial charge in [-0.1, -0.05) is 13.8 Å². The molecule has 27 heavy (non-hydrogen) atoms. The van der Waals surface area contributed by atoms with E-state index in [-0.39, 0.29) is 6.42 Å². The summed E-state index contributed by atoms with van der Waals surface area (Å²) >= 11 is 0. The van der Waals surface area contributed by atoms with E-state index in [1.54, 1.807) is 13.8 Å². The molecule has 0 atom stereocenters. The highest BCUT2D eigenvalue weighted by atomic mass is 19.4. The van der Waals surface area contributed by atoms with E-state index in [2.05, 4.69) is 4.74 Å². The summed E-state index contributed by atoms with van der Waals surface area (Å²) in [4.78, 5) is 21.5. The number of carboxylic acid groups (broad SMARTS) is 1. The fraction of sp³-hybridized carbons (Fsp3) is 0.875. The van der Waals surface area contributed by atoms with Crippen LogP contribution in [0.15, 0.2) is 0 Å². The lowest BCUT2D eigenvalue weighted by Crippen LogP contribution is -2.54. The Kier molecular flexibility index (Phi) is 9.32. The Balaban J connectivity index is 0. The normalized spacial score (nSPS) is 13.5. The molecule has 0 saturated carbocycles. The summed E-state index contributed by atoms with van der Waals surface area (Å²) in [5, 5.41) is 8.44. The molecule has 0 aromatic rings. The van der Waals surface area contributed by atoms with E-state index in [9.17, 15) is 40.3 Å². The number of hydrogen-bond acceptors (Lipinski definition) is 3. The van der Waals surface area contributed by atoms with Crippen LogP contribution in [-0.2, 0) is 14.3 Å². The van der Waals surface area contributed by atoms with Crippen LogP contribution < -0.4 is 0 Å². The second-order valence-electron chi connectivity index (χ2n) is 7.13. The van der Waals surface area contributed by atoms with Gasteiger partial charge in [-0.2, -0.15) is 30.7 Å². The van der Waals surface area contributed by atoms with Crippen LogP contribution in [0.1, 0.15) is 54.4 Å². The first-order valence-corrected chi connectivity index (χ1v) is 7.92. The van der Waals surface area contributed by atoms with E-state index in [0.717, 1.165) is 0 Å². The molecule has 0 aromatic carbocycles. The molecule has 0 radical (unpaired) electrons. The Morgan fingerprint density at radius 3 is 1.41 bits per heavy atom. The van der Waals surface area contributed by atoms with Crippen LogP contribution in [0.4, 0.5) is 30.7 Å². The second-order valence-corrected chi connectivity index (χ2v) is 7.13. The molecule has 0 aliphatic heterocycles. The third-order valence-corrected chi connectivity index (χ3v) is 4.10. The average molecular weight is 414 g/mol. The highest BCUT2D eigenvalue weighted by Gasteiger charge is 2.73. The van der Waals surface area contributed by atoms with Crippen molar-refractivity contribution < 1.29 is 50.2 Å². The maximum Gasteiger partial charge on any atom is 0.460 e. The zero-order chi connectivity index (χ0) is 22.5. The molecule has 0 aromatic heterocycles. The minimum absolute atomic E-state index is 0.146. The van der Waals surface area contributed by atoms with Crippen molar-refractivity contribution in [3.05, 3.63) is 0 Å². The summed E-state index contributed by atoms with van der Waals surface area (Å²) in [7, 11) is 0. The van der Waals surface area contributed by atoms with Crippen LogP contribution in [0.25, 0.3) is 0 Å². The van der Waals surface area contributed by atoms with E-state index in [1.807, 2.05) is 6.92 Å². The van der Waals surface area contributed by atoms with Gasteiger partial charge < -0.3 is 9.84 Å². The number of halogens is 7. The van der Waals surface area contributed by atoms with Crippen LogP contribution in [0.2, 0.25) is 0 Å². The predicted molar refractivity (Wildman–Crippen MR) is 82.7 cm³/mol. The van der Waals surface area contributed by atoms with Gasteiger partial charge in [0, 0.05) is 0 Å². The fourth-order valence-electron chi connectivity index (χ4n) is 0.945. The van der Waals surface area contributed by atoms with Crippen molar-refractivity contribution in [1.82, 2.24) is 0 Å². The number of ether oxygens (including phenoxy) is 1. The Morgan fingerprint density at radius 2 is 1.19 bits per heavy atom. The topological polar surface area (TPSA) is 63.6 Å². The Hall–Kier alpha value is -1.55. The van der Waals surface area contributed by atoms with Gasteiger partial charge in [0.1, 0.15) is 0 Å². The minimum Gasteiger partial charge on any atom is -0.481 e. The van der Waals surface area contributed by atoms with Gasteiger partial charge in [0.05, 0.1) is 10.8 Å². The molecule has 0 rings (SSSR count). The van der Waals surface area contributed by atoms with Gasteiger partial charge in [-0.3, -0.25) is 9.59 Å². The lowest BCUT2D eigenvalue weighted by atomic mass is 9.91. The van der Waals surface area contributed by atoms with Crippen molar-refractivity contribution >= 4 is 11.9 Å². The number of esters is 1. The van der Waals surface area contributed by atoms with Gasteiger partial charge in [0.15, 0.2) is 6.61 Å². The zero-order valence-corrected chi connectivity index (χ0v) is 15.9. The van der Waals surface area contributed by atoms with E-state index in [0.29, 0.717) is 6.42 Å². The lowest BCUT2D eigenvalue weighted by molar-refractivity contribution is -0.360. The van der Waals surface area contributed by atoms with E-state index >= 15 is 0 Å². The summed E-state index contributed by atoms with van der Waals surface area (Å²) < 4.78 is 89.8. The zero-order valence-electron chi connectivity index (χ0n) is 15.9. The number of alkyl halides is 7. The molecule has 0 unspecified atom stereocenters. The van der Waals surface area contributed by atoms with Crippen molar-refractivity contribution in [2.24, 2.45) is 10.8 Å². The second kappa shape index (κ2) is 9.09. The van der Waals surface area contributed by atoms with Crippen molar-refractivity contribution in [1.29, 1.82) is 0 Å². The Labute approximate surface area is 153 Å². The Bertz CT molecular complexity index is 511. The minimum atomic E-state index is -6.43. The number of aliphatic carboxylic acids is 1. The highest BCUT2D eigenvalue weighted by Crippen LogP contribution is 2.46. The molecule has 0 amide bonds. The van der Waals surface area contributed by atoms with Gasteiger partial charge in [-0.05, 0) is 40.5 Å². The molecule has 0 heterocycles. The number of carbonyl (C=O) groups excluding carboxylic acids is 1. The smallest absolute Gasteiger partial charge is 0.460 e. The van der Waals surface area contributed by atoms with Gasteiger partial charge in [-0.25, -0.2) is 0 Å². The van der Waals surface area contributed by atoms with Gasteiger partial charge in [0.2, 0.25) is 0 Å². The molecule has 0 aliphatic rings. The number of hydrogen-bond donors (Lipinski definition) is 1. The summed E-state index contributed by atoms with van der Waals surface area (Å²) in [6.45, 7) is 7.05. The lowest BCUT2D eigenvalue weighted by Gasteiger charge is -2.29. The summed E-state index contributed by atoms with van der Waals surface area (Å²) in [6, 6.07) is 0. The maximum atomic E-state index is 12.8. The summed E-state index contributed by atoms with van der Waals surface area (Å²) in [6.07, 6.45) is -5.60. The van der Waals surface area contributed by atoms with Crippen LogP contribution in [0.5, 0.6) is 0 Å². The quantitative estimate of drug-likeness (QED) is 0.453. The van der Waals surface area contributed by atoms with Crippen LogP contribution in [-0.4, -0.2) is 41.7 Å². The highest BCUT2D eigenvalue weighted by molar-refractivity contribution is 5.75. The molecule has 4 nitrogen and oxygen atoms in total. The van der Waals surface area contributed by atoms with Crippen LogP contribution in [0, 0.1) is 10.8 Å². The van der Waals surface area contributed by atoms with Crippen LogP contribution >= 0.6 is 0 Å². The van der Waals surface area contributed by atoms with Crippen molar-refractivity contribution in [2.75, 3.05) is 6.61 Å². The molecule has 11 heteroatoms. The monoisotopic (exact) mass is 414 g/mol. The molecule has 0 fully saturated rings. The first kappa shape index (κ1) is 27.7. The largest absolute Gasteiger partial charge is 0.481 e. The van der Waals surface area contributed by atoms with E-state index in [4.69, 9.17) is 5.11 Å². The molecular formula is C16H25F7O4. The molecule has 0 saturated heterocycles. The number of rotatable bonds is 7. The SMILES string of the molecule is CCC(C)(C)C(=O)O.CCC(C)(C)C(=O)OCC(F)(F)C(F)(F)C(F)(F)F. The van der Waals surface area contributed by atoms with Crippen LogP contribution in [0.3, 0.4) is 0 Å². The number of carboxylic acids is 1. The fourth-order valence-corrected chi connectivity index (χ4v) is 0.945.